The van der Waals surface area contributed by atoms with Gasteiger partial charge in [0.15, 0.2) is 0 Å². The minimum atomic E-state index is 0.271. The second kappa shape index (κ2) is 5.27. The van der Waals surface area contributed by atoms with Gasteiger partial charge in [-0.2, -0.15) is 0 Å². The summed E-state index contributed by atoms with van der Waals surface area (Å²) in [6.45, 7) is 13.0. The third kappa shape index (κ3) is 4.59. The van der Waals surface area contributed by atoms with Gasteiger partial charge < -0.3 is 10.2 Å². The maximum absolute atomic E-state index is 3.65. The van der Waals surface area contributed by atoms with E-state index in [0.717, 1.165) is 17.9 Å². The van der Waals surface area contributed by atoms with Crippen LogP contribution in [-0.2, 0) is 0 Å². The molecule has 0 amide bonds. The fourth-order valence-electron chi connectivity index (χ4n) is 2.87. The Morgan fingerprint density at radius 1 is 1.18 bits per heavy atom. The van der Waals surface area contributed by atoms with E-state index in [1.807, 2.05) is 0 Å². The predicted octanol–water partition coefficient (Wildman–Crippen LogP) is 2.89. The molecule has 0 bridgehead atoms. The van der Waals surface area contributed by atoms with Gasteiger partial charge in [0.25, 0.3) is 0 Å². The molecule has 1 saturated carbocycles. The first-order valence-corrected chi connectivity index (χ1v) is 7.43. The van der Waals surface area contributed by atoms with E-state index in [0.29, 0.717) is 0 Å². The molecular formula is C15H30N2. The lowest BCUT2D eigenvalue weighted by molar-refractivity contribution is 0.228. The molecule has 2 aliphatic rings. The van der Waals surface area contributed by atoms with Gasteiger partial charge in [-0.3, -0.25) is 0 Å². The van der Waals surface area contributed by atoms with Gasteiger partial charge in [-0.25, -0.2) is 0 Å². The van der Waals surface area contributed by atoms with Crippen molar-refractivity contribution in [2.24, 2.45) is 11.8 Å². The van der Waals surface area contributed by atoms with Crippen molar-refractivity contribution >= 4 is 0 Å². The summed E-state index contributed by atoms with van der Waals surface area (Å²) in [5.41, 5.74) is 0.271. The lowest BCUT2D eigenvalue weighted by Gasteiger charge is -2.26. The monoisotopic (exact) mass is 238 g/mol. The van der Waals surface area contributed by atoms with Crippen LogP contribution < -0.4 is 5.32 Å². The number of nitrogens with zero attached hydrogens (tertiary/aromatic N) is 1. The van der Waals surface area contributed by atoms with Crippen LogP contribution in [0.5, 0.6) is 0 Å². The van der Waals surface area contributed by atoms with Crippen molar-refractivity contribution in [1.82, 2.24) is 10.2 Å². The molecule has 0 aromatic rings. The van der Waals surface area contributed by atoms with E-state index >= 15 is 0 Å². The molecule has 2 unspecified atom stereocenters. The molecule has 2 rings (SSSR count). The summed E-state index contributed by atoms with van der Waals surface area (Å²) in [5.74, 6) is 1.94. The van der Waals surface area contributed by atoms with Crippen LogP contribution in [0.15, 0.2) is 0 Å². The van der Waals surface area contributed by atoms with Crippen molar-refractivity contribution in [3.63, 3.8) is 0 Å². The van der Waals surface area contributed by atoms with Gasteiger partial charge in [0.2, 0.25) is 0 Å². The number of hydrogen-bond donors (Lipinski definition) is 1. The molecule has 1 aliphatic carbocycles. The molecule has 2 fully saturated rings. The molecule has 1 saturated heterocycles. The van der Waals surface area contributed by atoms with Crippen LogP contribution in [0.2, 0.25) is 0 Å². The van der Waals surface area contributed by atoms with Crippen molar-refractivity contribution in [3.05, 3.63) is 0 Å². The lowest BCUT2D eigenvalue weighted by Crippen LogP contribution is -2.40. The Kier molecular flexibility index (Phi) is 4.14. The fourth-order valence-corrected chi connectivity index (χ4v) is 2.87. The molecule has 1 aliphatic heterocycles. The summed E-state index contributed by atoms with van der Waals surface area (Å²) in [6, 6.07) is 0.821. The van der Waals surface area contributed by atoms with E-state index in [4.69, 9.17) is 0 Å². The molecule has 0 aromatic carbocycles. The Morgan fingerprint density at radius 3 is 2.47 bits per heavy atom. The molecule has 100 valence electrons. The standard InChI is InChI=1S/C15H30N2/c1-12(9-13-5-6-13)17-8-7-14(11-17)10-16-15(2,3)4/h12-14,16H,5-11H2,1-4H3. The Labute approximate surface area is 107 Å². The van der Waals surface area contributed by atoms with Crippen LogP contribution in [0.25, 0.3) is 0 Å². The molecule has 1 N–H and O–H groups in total. The zero-order valence-corrected chi connectivity index (χ0v) is 12.1. The first-order valence-electron chi connectivity index (χ1n) is 7.43. The largest absolute Gasteiger partial charge is 0.312 e. The molecule has 0 spiro atoms. The van der Waals surface area contributed by atoms with Crippen molar-refractivity contribution in [2.45, 2.75) is 65.0 Å². The average molecular weight is 238 g/mol. The zero-order chi connectivity index (χ0) is 12.5. The van der Waals surface area contributed by atoms with Gasteiger partial charge in [0.05, 0.1) is 0 Å². The van der Waals surface area contributed by atoms with Crippen molar-refractivity contribution in [1.29, 1.82) is 0 Å². The minimum Gasteiger partial charge on any atom is -0.312 e. The first-order chi connectivity index (χ1) is 7.94. The van der Waals surface area contributed by atoms with Crippen molar-refractivity contribution in [3.8, 4) is 0 Å². The zero-order valence-electron chi connectivity index (χ0n) is 12.1. The van der Waals surface area contributed by atoms with Crippen molar-refractivity contribution < 1.29 is 0 Å². The smallest absolute Gasteiger partial charge is 0.00966 e. The fraction of sp³-hybridized carbons (Fsp3) is 1.00. The summed E-state index contributed by atoms with van der Waals surface area (Å²) in [6.07, 6.45) is 5.82. The Bertz CT molecular complexity index is 240. The van der Waals surface area contributed by atoms with Gasteiger partial charge in [0, 0.05) is 18.1 Å². The van der Waals surface area contributed by atoms with Gasteiger partial charge >= 0.3 is 0 Å². The number of rotatable bonds is 5. The van der Waals surface area contributed by atoms with Gasteiger partial charge in [-0.1, -0.05) is 12.8 Å². The highest BCUT2D eigenvalue weighted by Crippen LogP contribution is 2.35. The van der Waals surface area contributed by atoms with Crippen LogP contribution in [0.1, 0.15) is 53.4 Å². The maximum atomic E-state index is 3.65. The SMILES string of the molecule is CC(CC1CC1)N1CCC(CNC(C)(C)C)C1. The van der Waals surface area contributed by atoms with E-state index in [-0.39, 0.29) is 5.54 Å². The molecular weight excluding hydrogens is 208 g/mol. The Balaban J connectivity index is 1.67. The second-order valence-corrected chi connectivity index (χ2v) is 7.31. The predicted molar refractivity (Wildman–Crippen MR) is 74.2 cm³/mol. The van der Waals surface area contributed by atoms with Gasteiger partial charge in [-0.05, 0) is 65.5 Å². The molecule has 2 nitrogen and oxygen atoms in total. The van der Waals surface area contributed by atoms with Crippen LogP contribution in [0.4, 0.5) is 0 Å². The molecule has 17 heavy (non-hydrogen) atoms. The quantitative estimate of drug-likeness (QED) is 0.792. The summed E-state index contributed by atoms with van der Waals surface area (Å²) >= 11 is 0. The first kappa shape index (κ1) is 13.4. The summed E-state index contributed by atoms with van der Waals surface area (Å²) in [5, 5.41) is 3.65. The highest BCUT2D eigenvalue weighted by Gasteiger charge is 2.30. The summed E-state index contributed by atoms with van der Waals surface area (Å²) in [7, 11) is 0. The van der Waals surface area contributed by atoms with Crippen molar-refractivity contribution in [2.75, 3.05) is 19.6 Å². The minimum absolute atomic E-state index is 0.271. The van der Waals surface area contributed by atoms with Crippen LogP contribution in [0, 0.1) is 11.8 Å². The van der Waals surface area contributed by atoms with Crippen LogP contribution >= 0.6 is 0 Å². The molecule has 1 heterocycles. The van der Waals surface area contributed by atoms with Crippen LogP contribution in [-0.4, -0.2) is 36.1 Å². The number of nitrogens with one attached hydrogen (secondary N) is 1. The highest BCUT2D eigenvalue weighted by molar-refractivity contribution is 4.85. The Morgan fingerprint density at radius 2 is 1.88 bits per heavy atom. The Hall–Kier alpha value is -0.0800. The highest BCUT2D eigenvalue weighted by atomic mass is 15.2. The van der Waals surface area contributed by atoms with E-state index in [2.05, 4.69) is 37.9 Å². The van der Waals surface area contributed by atoms with E-state index in [9.17, 15) is 0 Å². The van der Waals surface area contributed by atoms with Crippen LogP contribution in [0.3, 0.4) is 0 Å². The van der Waals surface area contributed by atoms with E-state index in [1.54, 1.807) is 0 Å². The normalized spacial score (nSPS) is 28.6. The average Bonchev–Trinajstić information content (AvgIpc) is 2.91. The molecule has 0 aromatic heterocycles. The number of hydrogen-bond acceptors (Lipinski definition) is 2. The third-order valence-electron chi connectivity index (χ3n) is 4.23. The van der Waals surface area contributed by atoms with Gasteiger partial charge in [-0.15, -0.1) is 0 Å². The van der Waals surface area contributed by atoms with Gasteiger partial charge in [0.1, 0.15) is 0 Å². The second-order valence-electron chi connectivity index (χ2n) is 7.31. The third-order valence-corrected chi connectivity index (χ3v) is 4.23. The lowest BCUT2D eigenvalue weighted by atomic mass is 10.1. The maximum Gasteiger partial charge on any atom is 0.00966 e. The van der Waals surface area contributed by atoms with E-state index < -0.39 is 0 Å². The molecule has 0 radical (unpaired) electrons. The summed E-state index contributed by atoms with van der Waals surface area (Å²) < 4.78 is 0. The number of likely N-dealkylation sites (tertiary alicyclic amines) is 1. The molecule has 2 heteroatoms. The van der Waals surface area contributed by atoms with E-state index in [1.165, 1.54) is 45.3 Å². The summed E-state index contributed by atoms with van der Waals surface area (Å²) in [4.78, 5) is 2.72. The molecule has 2 atom stereocenters. The topological polar surface area (TPSA) is 15.3 Å².